The summed E-state index contributed by atoms with van der Waals surface area (Å²) in [5, 5.41) is 0. The first-order valence-corrected chi connectivity index (χ1v) is 7.22. The Morgan fingerprint density at radius 3 is 2.59 bits per heavy atom. The van der Waals surface area contributed by atoms with Crippen LogP contribution in [0.1, 0.15) is 15.9 Å². The van der Waals surface area contributed by atoms with Crippen LogP contribution in [-0.2, 0) is 11.3 Å². The lowest BCUT2D eigenvalue weighted by Crippen LogP contribution is -2.24. The highest BCUT2D eigenvalue weighted by Crippen LogP contribution is 2.13. The molecule has 4 heteroatoms. The van der Waals surface area contributed by atoms with Gasteiger partial charge in [0.15, 0.2) is 0 Å². The third-order valence-electron chi connectivity index (χ3n) is 3.31. The second-order valence-electron chi connectivity index (χ2n) is 5.09. The maximum Gasteiger partial charge on any atom is 0.338 e. The molecule has 0 aliphatic carbocycles. The number of methoxy groups -OCH3 is 1. The van der Waals surface area contributed by atoms with Crippen molar-refractivity contribution in [2.45, 2.75) is 6.54 Å². The Morgan fingerprint density at radius 2 is 1.86 bits per heavy atom. The number of carbonyl (C=O) groups excluding carboxylic acids is 1. The molecule has 0 N–H and O–H groups in total. The summed E-state index contributed by atoms with van der Waals surface area (Å²) in [5.74, 6) is 0.322. The smallest absolute Gasteiger partial charge is 0.338 e. The Morgan fingerprint density at radius 1 is 1.09 bits per heavy atom. The molecule has 0 aromatic heterocycles. The van der Waals surface area contributed by atoms with E-state index in [-0.39, 0.29) is 5.97 Å². The van der Waals surface area contributed by atoms with E-state index >= 15 is 0 Å². The molecule has 116 valence electrons. The first-order valence-electron chi connectivity index (χ1n) is 7.22. The molecule has 2 rings (SSSR count). The third kappa shape index (κ3) is 4.90. The van der Waals surface area contributed by atoms with E-state index in [2.05, 4.69) is 17.0 Å². The van der Waals surface area contributed by atoms with Gasteiger partial charge in [-0.3, -0.25) is 4.90 Å². The van der Waals surface area contributed by atoms with Crippen LogP contribution >= 0.6 is 0 Å². The molecule has 0 saturated heterocycles. The molecule has 0 heterocycles. The summed E-state index contributed by atoms with van der Waals surface area (Å²) in [6.07, 6.45) is 0. The van der Waals surface area contributed by atoms with Crippen molar-refractivity contribution < 1.29 is 14.3 Å². The Kier molecular flexibility index (Phi) is 5.98. The van der Waals surface area contributed by atoms with Gasteiger partial charge in [0.25, 0.3) is 0 Å². The van der Waals surface area contributed by atoms with Crippen molar-refractivity contribution in [3.05, 3.63) is 65.7 Å². The Balaban J connectivity index is 1.76. The maximum absolute atomic E-state index is 12.0. The molecule has 2 aromatic carbocycles. The molecule has 22 heavy (non-hydrogen) atoms. The fourth-order valence-electron chi connectivity index (χ4n) is 2.10. The number of rotatable bonds is 7. The summed E-state index contributed by atoms with van der Waals surface area (Å²) in [5.41, 5.74) is 1.74. The van der Waals surface area contributed by atoms with E-state index < -0.39 is 0 Å². The topological polar surface area (TPSA) is 38.8 Å². The van der Waals surface area contributed by atoms with Crippen LogP contribution in [0.5, 0.6) is 5.75 Å². The van der Waals surface area contributed by atoms with Gasteiger partial charge in [0.1, 0.15) is 12.4 Å². The quantitative estimate of drug-likeness (QED) is 0.737. The van der Waals surface area contributed by atoms with Gasteiger partial charge in [-0.05, 0) is 30.8 Å². The average Bonchev–Trinajstić information content (AvgIpc) is 2.55. The molecule has 0 spiro atoms. The molecule has 0 fully saturated rings. The number of likely N-dealkylation sites (N-methyl/N-ethyl adjacent to an activating group) is 1. The lowest BCUT2D eigenvalue weighted by molar-refractivity contribution is 0.0470. The minimum absolute atomic E-state index is 0.327. The molecule has 4 nitrogen and oxygen atoms in total. The van der Waals surface area contributed by atoms with Crippen LogP contribution in [0.4, 0.5) is 0 Å². The highest BCUT2D eigenvalue weighted by atomic mass is 16.5. The van der Waals surface area contributed by atoms with Gasteiger partial charge in [-0.25, -0.2) is 4.79 Å². The summed E-state index contributed by atoms with van der Waals surface area (Å²) in [6.45, 7) is 1.88. The molecule has 0 aliphatic heterocycles. The highest BCUT2D eigenvalue weighted by molar-refractivity contribution is 5.89. The van der Waals surface area contributed by atoms with Crippen molar-refractivity contribution in [3.8, 4) is 5.75 Å². The maximum atomic E-state index is 12.0. The molecular weight excluding hydrogens is 278 g/mol. The van der Waals surface area contributed by atoms with Crippen LogP contribution in [0.15, 0.2) is 54.6 Å². The zero-order valence-corrected chi connectivity index (χ0v) is 13.0. The van der Waals surface area contributed by atoms with Gasteiger partial charge in [-0.1, -0.05) is 36.4 Å². The highest BCUT2D eigenvalue weighted by Gasteiger charge is 2.08. The predicted molar refractivity (Wildman–Crippen MR) is 86.1 cm³/mol. The fraction of sp³-hybridized carbons (Fsp3) is 0.278. The van der Waals surface area contributed by atoms with E-state index in [1.807, 2.05) is 25.2 Å². The molecule has 0 aliphatic rings. The van der Waals surface area contributed by atoms with Crippen molar-refractivity contribution in [3.63, 3.8) is 0 Å². The molecule has 0 atom stereocenters. The summed E-state index contributed by atoms with van der Waals surface area (Å²) in [4.78, 5) is 14.1. The molecule has 0 bridgehead atoms. The van der Waals surface area contributed by atoms with E-state index in [4.69, 9.17) is 9.47 Å². The van der Waals surface area contributed by atoms with Crippen LogP contribution in [0, 0.1) is 0 Å². The number of esters is 1. The summed E-state index contributed by atoms with van der Waals surface area (Å²) in [6, 6.07) is 17.2. The van der Waals surface area contributed by atoms with Gasteiger partial charge in [0.2, 0.25) is 0 Å². The molecular formula is C18H21NO3. The van der Waals surface area contributed by atoms with Crippen molar-refractivity contribution in [1.82, 2.24) is 4.90 Å². The first kappa shape index (κ1) is 16.0. The number of hydrogen-bond donors (Lipinski definition) is 0. The summed E-state index contributed by atoms with van der Waals surface area (Å²) < 4.78 is 10.4. The molecule has 0 unspecified atom stereocenters. The SMILES string of the molecule is COc1cccc(C(=O)OCCN(C)Cc2ccccc2)c1. The monoisotopic (exact) mass is 299 g/mol. The van der Waals surface area contributed by atoms with Gasteiger partial charge in [0, 0.05) is 13.1 Å². The van der Waals surface area contributed by atoms with Crippen LogP contribution in [0.25, 0.3) is 0 Å². The Labute approximate surface area is 131 Å². The third-order valence-corrected chi connectivity index (χ3v) is 3.31. The van der Waals surface area contributed by atoms with Gasteiger partial charge in [-0.15, -0.1) is 0 Å². The lowest BCUT2D eigenvalue weighted by Gasteiger charge is -2.16. The summed E-state index contributed by atoms with van der Waals surface area (Å²) in [7, 11) is 3.58. The second kappa shape index (κ2) is 8.20. The zero-order valence-electron chi connectivity index (χ0n) is 13.0. The largest absolute Gasteiger partial charge is 0.497 e. The van der Waals surface area contributed by atoms with Gasteiger partial charge in [0.05, 0.1) is 12.7 Å². The standard InChI is InChI=1S/C18H21NO3/c1-19(14-15-7-4-3-5-8-15)11-12-22-18(20)16-9-6-10-17(13-16)21-2/h3-10,13H,11-12,14H2,1-2H3. The number of nitrogens with zero attached hydrogens (tertiary/aromatic N) is 1. The van der Waals surface area contributed by atoms with E-state index in [0.29, 0.717) is 24.5 Å². The molecule has 0 amide bonds. The van der Waals surface area contributed by atoms with Crippen molar-refractivity contribution in [1.29, 1.82) is 0 Å². The van der Waals surface area contributed by atoms with E-state index in [1.54, 1.807) is 31.4 Å². The molecule has 0 radical (unpaired) electrons. The van der Waals surface area contributed by atoms with E-state index in [0.717, 1.165) is 6.54 Å². The summed E-state index contributed by atoms with van der Waals surface area (Å²) >= 11 is 0. The fourth-order valence-corrected chi connectivity index (χ4v) is 2.10. The van der Waals surface area contributed by atoms with E-state index in [1.165, 1.54) is 5.56 Å². The number of hydrogen-bond acceptors (Lipinski definition) is 4. The normalized spacial score (nSPS) is 10.5. The zero-order chi connectivity index (χ0) is 15.8. The minimum Gasteiger partial charge on any atom is -0.497 e. The van der Waals surface area contributed by atoms with E-state index in [9.17, 15) is 4.79 Å². The number of benzene rings is 2. The van der Waals surface area contributed by atoms with Crippen molar-refractivity contribution >= 4 is 5.97 Å². The first-order chi connectivity index (χ1) is 10.7. The van der Waals surface area contributed by atoms with Crippen LogP contribution in [-0.4, -0.2) is 38.2 Å². The van der Waals surface area contributed by atoms with Gasteiger partial charge >= 0.3 is 5.97 Å². The molecule has 0 saturated carbocycles. The van der Waals surface area contributed by atoms with Gasteiger partial charge < -0.3 is 9.47 Å². The Bertz CT molecular complexity index is 598. The van der Waals surface area contributed by atoms with Crippen LogP contribution < -0.4 is 4.74 Å². The average molecular weight is 299 g/mol. The van der Waals surface area contributed by atoms with Crippen LogP contribution in [0.2, 0.25) is 0 Å². The molecule has 2 aromatic rings. The van der Waals surface area contributed by atoms with Crippen molar-refractivity contribution in [2.24, 2.45) is 0 Å². The van der Waals surface area contributed by atoms with Crippen LogP contribution in [0.3, 0.4) is 0 Å². The predicted octanol–water partition coefficient (Wildman–Crippen LogP) is 2.98. The Hall–Kier alpha value is -2.33. The lowest BCUT2D eigenvalue weighted by atomic mass is 10.2. The second-order valence-corrected chi connectivity index (χ2v) is 5.09. The number of carbonyl (C=O) groups is 1. The van der Waals surface area contributed by atoms with Gasteiger partial charge in [-0.2, -0.15) is 0 Å². The minimum atomic E-state index is -0.327. The number of ether oxygens (including phenoxy) is 2. The van der Waals surface area contributed by atoms with Crippen molar-refractivity contribution in [2.75, 3.05) is 27.3 Å².